The molecule has 0 aliphatic carbocycles. The molecule has 3 heteroatoms. The van der Waals surface area contributed by atoms with Crippen LogP contribution in [0.4, 0.5) is 0 Å². The summed E-state index contributed by atoms with van der Waals surface area (Å²) in [6.07, 6.45) is 0. The third-order valence-electron chi connectivity index (χ3n) is 3.63. The summed E-state index contributed by atoms with van der Waals surface area (Å²) in [5, 5.41) is 1.11. The molecule has 0 radical (unpaired) electrons. The van der Waals surface area contributed by atoms with Gasteiger partial charge in [0, 0.05) is 5.75 Å². The van der Waals surface area contributed by atoms with E-state index in [-0.39, 0.29) is 5.41 Å². The molecule has 21 heavy (non-hydrogen) atoms. The predicted octanol–water partition coefficient (Wildman–Crippen LogP) is 4.57. The Morgan fingerprint density at radius 1 is 1.00 bits per heavy atom. The van der Waals surface area contributed by atoms with Gasteiger partial charge in [0.1, 0.15) is 0 Å². The van der Waals surface area contributed by atoms with Gasteiger partial charge in [-0.1, -0.05) is 57.2 Å². The number of imidazole rings is 1. The fraction of sp³-hybridized carbons (Fsp3) is 0.278. The molecular weight excluding hydrogens is 276 g/mol. The highest BCUT2D eigenvalue weighted by Gasteiger charge is 2.13. The number of para-hydroxylation sites is 2. The Labute approximate surface area is 130 Å². The first kappa shape index (κ1) is 14.2. The van der Waals surface area contributed by atoms with Gasteiger partial charge in [0.15, 0.2) is 11.0 Å². The summed E-state index contributed by atoms with van der Waals surface area (Å²) in [7, 11) is 0. The van der Waals surface area contributed by atoms with E-state index >= 15 is 0 Å². The maximum absolute atomic E-state index is 3.41. The molecule has 1 heterocycles. The van der Waals surface area contributed by atoms with Crippen LogP contribution in [0.3, 0.4) is 0 Å². The summed E-state index contributed by atoms with van der Waals surface area (Å²) in [4.78, 5) is 6.82. The van der Waals surface area contributed by atoms with Gasteiger partial charge in [-0.25, -0.2) is 9.97 Å². The Hall–Kier alpha value is -1.74. The van der Waals surface area contributed by atoms with E-state index in [1.54, 1.807) is 11.8 Å². The van der Waals surface area contributed by atoms with Crippen LogP contribution < -0.4 is 4.98 Å². The number of thioether (sulfide) groups is 1. The zero-order valence-corrected chi connectivity index (χ0v) is 13.6. The van der Waals surface area contributed by atoms with Gasteiger partial charge in [0.05, 0.1) is 0 Å². The van der Waals surface area contributed by atoms with Gasteiger partial charge >= 0.3 is 5.16 Å². The van der Waals surface area contributed by atoms with Crippen molar-refractivity contribution in [2.24, 2.45) is 0 Å². The van der Waals surface area contributed by atoms with Gasteiger partial charge in [-0.3, -0.25) is 0 Å². The highest BCUT2D eigenvalue weighted by molar-refractivity contribution is 7.98. The SMILES string of the molecule is CC(C)(C)c1ccc(CSc2[nH]c3ccccc3[nH+]2)cc1. The first-order valence-corrected chi connectivity index (χ1v) is 8.23. The van der Waals surface area contributed by atoms with Crippen LogP contribution in [0, 0.1) is 0 Å². The van der Waals surface area contributed by atoms with Crippen molar-refractivity contribution in [3.63, 3.8) is 0 Å². The molecule has 2 N–H and O–H groups in total. The smallest absolute Gasteiger partial charge is 0.231 e. The van der Waals surface area contributed by atoms with Crippen molar-refractivity contribution in [3.05, 3.63) is 59.7 Å². The van der Waals surface area contributed by atoms with E-state index < -0.39 is 0 Å². The molecule has 0 saturated heterocycles. The second-order valence-electron chi connectivity index (χ2n) is 6.36. The van der Waals surface area contributed by atoms with E-state index in [1.807, 2.05) is 12.1 Å². The van der Waals surface area contributed by atoms with Crippen LogP contribution in [0.15, 0.2) is 53.7 Å². The number of hydrogen-bond donors (Lipinski definition) is 1. The molecule has 3 aromatic rings. The molecule has 0 saturated carbocycles. The lowest BCUT2D eigenvalue weighted by Gasteiger charge is -2.18. The molecule has 0 aliphatic heterocycles. The van der Waals surface area contributed by atoms with Gasteiger partial charge in [-0.2, -0.15) is 0 Å². The number of rotatable bonds is 3. The maximum atomic E-state index is 3.41. The minimum Gasteiger partial charge on any atom is -0.231 e. The molecule has 0 spiro atoms. The Balaban J connectivity index is 1.69. The van der Waals surface area contributed by atoms with E-state index in [4.69, 9.17) is 0 Å². The van der Waals surface area contributed by atoms with Crippen molar-refractivity contribution >= 4 is 22.8 Å². The highest BCUT2D eigenvalue weighted by Crippen LogP contribution is 2.24. The summed E-state index contributed by atoms with van der Waals surface area (Å²) >= 11 is 1.80. The summed E-state index contributed by atoms with van der Waals surface area (Å²) in [5.41, 5.74) is 5.26. The van der Waals surface area contributed by atoms with E-state index in [0.717, 1.165) is 21.9 Å². The molecule has 0 fully saturated rings. The zero-order valence-electron chi connectivity index (χ0n) is 12.7. The number of hydrogen-bond acceptors (Lipinski definition) is 1. The molecule has 1 aromatic heterocycles. The summed E-state index contributed by atoms with van der Waals surface area (Å²) in [6, 6.07) is 17.2. The molecule has 108 valence electrons. The second kappa shape index (κ2) is 5.57. The van der Waals surface area contributed by atoms with Crippen molar-refractivity contribution in [3.8, 4) is 0 Å². The number of aromatic amines is 2. The first-order chi connectivity index (χ1) is 10.0. The van der Waals surface area contributed by atoms with Crippen molar-refractivity contribution < 1.29 is 4.98 Å². The quantitative estimate of drug-likeness (QED) is 0.705. The molecular formula is C18H21N2S+. The molecule has 3 rings (SSSR count). The number of aromatic nitrogens is 2. The minimum atomic E-state index is 0.219. The van der Waals surface area contributed by atoms with Crippen LogP contribution in [-0.4, -0.2) is 4.98 Å². The van der Waals surface area contributed by atoms with Crippen molar-refractivity contribution in [1.29, 1.82) is 0 Å². The van der Waals surface area contributed by atoms with Crippen LogP contribution >= 0.6 is 11.8 Å². The van der Waals surface area contributed by atoms with Crippen molar-refractivity contribution in [1.82, 2.24) is 4.98 Å². The van der Waals surface area contributed by atoms with Gasteiger partial charge in [0.2, 0.25) is 0 Å². The average molecular weight is 297 g/mol. The van der Waals surface area contributed by atoms with Gasteiger partial charge in [-0.15, -0.1) is 0 Å². The standard InChI is InChI=1S/C18H20N2S/c1-18(2,3)14-10-8-13(9-11-14)12-21-17-19-15-6-4-5-7-16(15)20-17/h4-11H,12H2,1-3H3,(H,19,20)/p+1. The lowest BCUT2D eigenvalue weighted by molar-refractivity contribution is -0.396. The highest BCUT2D eigenvalue weighted by atomic mass is 32.2. The van der Waals surface area contributed by atoms with Crippen molar-refractivity contribution in [2.45, 2.75) is 37.1 Å². The summed E-state index contributed by atoms with van der Waals surface area (Å²) in [5.74, 6) is 0.966. The van der Waals surface area contributed by atoms with Crippen LogP contribution in [0.5, 0.6) is 0 Å². The summed E-state index contributed by atoms with van der Waals surface area (Å²) < 4.78 is 0. The van der Waals surface area contributed by atoms with Crippen LogP contribution in [0.2, 0.25) is 0 Å². The molecule has 0 amide bonds. The van der Waals surface area contributed by atoms with E-state index in [0.29, 0.717) is 0 Å². The van der Waals surface area contributed by atoms with Crippen LogP contribution in [0.1, 0.15) is 31.9 Å². The fourth-order valence-corrected chi connectivity index (χ4v) is 3.17. The molecule has 0 bridgehead atoms. The van der Waals surface area contributed by atoms with Gasteiger partial charge in [-0.05, 0) is 40.4 Å². The zero-order chi connectivity index (χ0) is 14.9. The normalized spacial score (nSPS) is 12.0. The van der Waals surface area contributed by atoms with E-state index in [1.165, 1.54) is 11.1 Å². The minimum absolute atomic E-state index is 0.219. The third-order valence-corrected chi connectivity index (χ3v) is 4.60. The lowest BCUT2D eigenvalue weighted by atomic mass is 9.87. The topological polar surface area (TPSA) is 29.9 Å². The molecule has 0 atom stereocenters. The average Bonchev–Trinajstić information content (AvgIpc) is 2.87. The van der Waals surface area contributed by atoms with Gasteiger partial charge in [0.25, 0.3) is 0 Å². The van der Waals surface area contributed by atoms with Crippen LogP contribution in [-0.2, 0) is 11.2 Å². The fourth-order valence-electron chi connectivity index (χ4n) is 2.31. The van der Waals surface area contributed by atoms with Crippen LogP contribution in [0.25, 0.3) is 11.0 Å². The van der Waals surface area contributed by atoms with Crippen molar-refractivity contribution in [2.75, 3.05) is 0 Å². The molecule has 0 unspecified atom stereocenters. The monoisotopic (exact) mass is 297 g/mol. The predicted molar refractivity (Wildman–Crippen MR) is 89.6 cm³/mol. The lowest BCUT2D eigenvalue weighted by Crippen LogP contribution is -2.10. The number of nitrogens with one attached hydrogen (secondary N) is 2. The molecule has 2 aromatic carbocycles. The number of fused-ring (bicyclic) bond motifs is 1. The second-order valence-corrected chi connectivity index (χ2v) is 7.35. The Bertz CT molecular complexity index is 703. The number of H-pyrrole nitrogens is 2. The number of benzene rings is 2. The molecule has 0 aliphatic rings. The Kier molecular flexibility index (Phi) is 3.77. The third kappa shape index (κ3) is 3.30. The molecule has 2 nitrogen and oxygen atoms in total. The van der Waals surface area contributed by atoms with Gasteiger partial charge < -0.3 is 0 Å². The largest absolute Gasteiger partial charge is 0.314 e. The Morgan fingerprint density at radius 3 is 2.38 bits per heavy atom. The first-order valence-electron chi connectivity index (χ1n) is 7.25. The Morgan fingerprint density at radius 2 is 1.71 bits per heavy atom. The maximum Gasteiger partial charge on any atom is 0.314 e. The van der Waals surface area contributed by atoms with E-state index in [2.05, 4.69) is 67.1 Å². The summed E-state index contributed by atoms with van der Waals surface area (Å²) in [6.45, 7) is 6.74. The van der Waals surface area contributed by atoms with E-state index in [9.17, 15) is 0 Å².